The first-order chi connectivity index (χ1) is 12.5. The van der Waals surface area contributed by atoms with Gasteiger partial charge in [-0.2, -0.15) is 5.10 Å². The molecule has 3 aromatic heterocycles. The molecule has 0 aliphatic carbocycles. The number of carbonyl (C=O) groups is 1. The van der Waals surface area contributed by atoms with Crippen LogP contribution in [0.25, 0.3) is 10.2 Å². The molecule has 0 spiro atoms. The Labute approximate surface area is 158 Å². The van der Waals surface area contributed by atoms with Crippen molar-refractivity contribution in [3.63, 3.8) is 0 Å². The number of benzene rings is 1. The number of furan rings is 1. The number of carbonyl (C=O) groups excluding carboxylic acids is 1. The molecule has 1 aromatic carbocycles. The van der Waals surface area contributed by atoms with Crippen LogP contribution in [0.4, 0.5) is 5.13 Å². The lowest BCUT2D eigenvalue weighted by molar-refractivity contribution is 0.0977. The van der Waals surface area contributed by atoms with E-state index in [1.54, 1.807) is 34.0 Å². The summed E-state index contributed by atoms with van der Waals surface area (Å²) in [4.78, 5) is 19.3. The second-order valence-electron chi connectivity index (χ2n) is 5.87. The highest BCUT2D eigenvalue weighted by molar-refractivity contribution is 7.22. The number of anilines is 1. The van der Waals surface area contributed by atoms with Crippen LogP contribution in [0.1, 0.15) is 21.9 Å². The summed E-state index contributed by atoms with van der Waals surface area (Å²) >= 11 is 7.48. The number of hydrogen-bond acceptors (Lipinski definition) is 5. The summed E-state index contributed by atoms with van der Waals surface area (Å²) in [5.41, 5.74) is 2.07. The fourth-order valence-corrected chi connectivity index (χ4v) is 3.83. The number of amides is 1. The van der Waals surface area contributed by atoms with Crippen molar-refractivity contribution in [1.29, 1.82) is 0 Å². The molecule has 6 nitrogen and oxygen atoms in total. The lowest BCUT2D eigenvalue weighted by Gasteiger charge is -2.17. The van der Waals surface area contributed by atoms with Crippen LogP contribution in [0, 0.1) is 6.92 Å². The van der Waals surface area contributed by atoms with E-state index < -0.39 is 0 Å². The third-order valence-electron chi connectivity index (χ3n) is 4.04. The highest BCUT2D eigenvalue weighted by Gasteiger charge is 2.25. The molecule has 0 fully saturated rings. The van der Waals surface area contributed by atoms with E-state index in [1.807, 2.05) is 32.2 Å². The van der Waals surface area contributed by atoms with Crippen LogP contribution >= 0.6 is 22.9 Å². The molecular weight excluding hydrogens is 372 g/mol. The fourth-order valence-electron chi connectivity index (χ4n) is 2.59. The molecule has 0 radical (unpaired) electrons. The highest BCUT2D eigenvalue weighted by atomic mass is 35.5. The van der Waals surface area contributed by atoms with Crippen molar-refractivity contribution in [2.75, 3.05) is 4.90 Å². The summed E-state index contributed by atoms with van der Waals surface area (Å²) in [5, 5.41) is 5.52. The molecule has 4 rings (SSSR count). The summed E-state index contributed by atoms with van der Waals surface area (Å²) in [5.74, 6) is 0.443. The van der Waals surface area contributed by atoms with Gasteiger partial charge in [0.1, 0.15) is 5.76 Å². The van der Waals surface area contributed by atoms with Crippen molar-refractivity contribution in [2.45, 2.75) is 13.5 Å². The number of fused-ring (bicyclic) bond motifs is 1. The van der Waals surface area contributed by atoms with Gasteiger partial charge in [-0.25, -0.2) is 4.98 Å². The molecule has 0 aliphatic heterocycles. The van der Waals surface area contributed by atoms with Crippen molar-refractivity contribution in [3.8, 4) is 0 Å². The second-order valence-corrected chi connectivity index (χ2v) is 7.32. The maximum atomic E-state index is 13.1. The molecule has 0 aliphatic rings. The van der Waals surface area contributed by atoms with Crippen LogP contribution in [-0.2, 0) is 13.6 Å². The van der Waals surface area contributed by atoms with Crippen LogP contribution in [0.15, 0.2) is 47.1 Å². The van der Waals surface area contributed by atoms with Gasteiger partial charge in [0.15, 0.2) is 10.8 Å². The number of hydrogen-bond donors (Lipinski definition) is 0. The molecule has 0 bridgehead atoms. The number of aryl methyl sites for hydroxylation is 2. The average molecular weight is 387 g/mol. The number of nitrogens with zero attached hydrogens (tertiary/aromatic N) is 4. The van der Waals surface area contributed by atoms with Crippen LogP contribution in [0.3, 0.4) is 0 Å². The van der Waals surface area contributed by atoms with E-state index in [4.69, 9.17) is 16.0 Å². The van der Waals surface area contributed by atoms with Crippen LogP contribution in [0.2, 0.25) is 5.02 Å². The summed E-state index contributed by atoms with van der Waals surface area (Å²) in [6, 6.07) is 10.9. The van der Waals surface area contributed by atoms with E-state index in [9.17, 15) is 4.79 Å². The van der Waals surface area contributed by atoms with Crippen LogP contribution < -0.4 is 4.90 Å². The molecule has 26 heavy (non-hydrogen) atoms. The highest BCUT2D eigenvalue weighted by Crippen LogP contribution is 2.32. The topological polar surface area (TPSA) is 64.2 Å². The zero-order chi connectivity index (χ0) is 18.3. The molecule has 0 atom stereocenters. The van der Waals surface area contributed by atoms with E-state index >= 15 is 0 Å². The van der Waals surface area contributed by atoms with Crippen LogP contribution in [-0.4, -0.2) is 20.7 Å². The first-order valence-corrected chi connectivity index (χ1v) is 9.12. The Morgan fingerprint density at radius 2 is 2.19 bits per heavy atom. The Morgan fingerprint density at radius 1 is 1.35 bits per heavy atom. The minimum Gasteiger partial charge on any atom is -0.467 e. The van der Waals surface area contributed by atoms with Gasteiger partial charge in [-0.15, -0.1) is 0 Å². The Kier molecular flexibility index (Phi) is 4.26. The van der Waals surface area contributed by atoms with Crippen molar-refractivity contribution in [3.05, 3.63) is 64.8 Å². The first kappa shape index (κ1) is 16.8. The Bertz CT molecular complexity index is 1060. The van der Waals surface area contributed by atoms with E-state index in [0.717, 1.165) is 15.9 Å². The van der Waals surface area contributed by atoms with E-state index in [2.05, 4.69) is 10.1 Å². The van der Waals surface area contributed by atoms with E-state index in [1.165, 1.54) is 11.3 Å². The van der Waals surface area contributed by atoms with Gasteiger partial charge in [0.05, 0.1) is 23.0 Å². The largest absolute Gasteiger partial charge is 0.467 e. The van der Waals surface area contributed by atoms with Crippen molar-refractivity contribution in [1.82, 2.24) is 14.8 Å². The molecule has 0 unspecified atom stereocenters. The second kappa shape index (κ2) is 6.59. The number of aromatic nitrogens is 3. The maximum Gasteiger partial charge on any atom is 0.280 e. The summed E-state index contributed by atoms with van der Waals surface area (Å²) in [6.45, 7) is 2.18. The van der Waals surface area contributed by atoms with E-state index in [0.29, 0.717) is 21.6 Å². The minimum atomic E-state index is -0.227. The molecule has 0 saturated heterocycles. The predicted octanol–water partition coefficient (Wildman–Crippen LogP) is 4.43. The molecule has 132 valence electrons. The third-order valence-corrected chi connectivity index (χ3v) is 5.32. The van der Waals surface area contributed by atoms with Gasteiger partial charge in [-0.05, 0) is 43.3 Å². The molecule has 3 heterocycles. The first-order valence-electron chi connectivity index (χ1n) is 7.92. The van der Waals surface area contributed by atoms with Gasteiger partial charge in [0, 0.05) is 17.8 Å². The van der Waals surface area contributed by atoms with Gasteiger partial charge < -0.3 is 4.42 Å². The Hall–Kier alpha value is -2.64. The van der Waals surface area contributed by atoms with Gasteiger partial charge in [-0.3, -0.25) is 14.4 Å². The number of thiazole rings is 1. The van der Waals surface area contributed by atoms with Gasteiger partial charge >= 0.3 is 0 Å². The Morgan fingerprint density at radius 3 is 2.88 bits per heavy atom. The predicted molar refractivity (Wildman–Crippen MR) is 102 cm³/mol. The molecule has 8 heteroatoms. The monoisotopic (exact) mass is 386 g/mol. The average Bonchev–Trinajstić information content (AvgIpc) is 3.33. The number of halogens is 1. The van der Waals surface area contributed by atoms with Gasteiger partial charge in [0.25, 0.3) is 5.91 Å². The summed E-state index contributed by atoms with van der Waals surface area (Å²) < 4.78 is 8.03. The lowest BCUT2D eigenvalue weighted by Crippen LogP contribution is -2.30. The normalized spacial score (nSPS) is 11.2. The molecule has 0 saturated carbocycles. The maximum absolute atomic E-state index is 13.1. The minimum absolute atomic E-state index is 0.227. The zero-order valence-electron chi connectivity index (χ0n) is 14.1. The quantitative estimate of drug-likeness (QED) is 0.520. The fraction of sp³-hybridized carbons (Fsp3) is 0.167. The lowest BCUT2D eigenvalue weighted by atomic mass is 10.3. The summed E-state index contributed by atoms with van der Waals surface area (Å²) in [7, 11) is 1.81. The summed E-state index contributed by atoms with van der Waals surface area (Å²) in [6.07, 6.45) is 1.58. The smallest absolute Gasteiger partial charge is 0.280 e. The third kappa shape index (κ3) is 3.11. The van der Waals surface area contributed by atoms with Gasteiger partial charge in [-0.1, -0.05) is 22.9 Å². The SMILES string of the molecule is Cc1cc(C(=O)N(Cc2ccco2)c2nc3ccc(Cl)cc3s2)nn1C. The number of rotatable bonds is 4. The molecule has 4 aromatic rings. The molecular formula is C18H15ClN4O2S. The zero-order valence-corrected chi connectivity index (χ0v) is 15.7. The van der Waals surface area contributed by atoms with Crippen LogP contribution in [0.5, 0.6) is 0 Å². The van der Waals surface area contributed by atoms with E-state index in [-0.39, 0.29) is 12.5 Å². The van der Waals surface area contributed by atoms with Crippen molar-refractivity contribution >= 4 is 44.2 Å². The van der Waals surface area contributed by atoms with Gasteiger partial charge in [0.2, 0.25) is 0 Å². The molecule has 1 amide bonds. The standard InChI is InChI=1S/C18H15ClN4O2S/c1-11-8-15(21-22(11)2)17(24)23(10-13-4-3-7-25-13)18-20-14-6-5-12(19)9-16(14)26-18/h3-9H,10H2,1-2H3. The van der Waals surface area contributed by atoms with Crippen molar-refractivity contribution < 1.29 is 9.21 Å². The molecule has 0 N–H and O–H groups in total. The van der Waals surface area contributed by atoms with Crippen molar-refractivity contribution in [2.24, 2.45) is 7.05 Å². The Balaban J connectivity index is 1.77.